The van der Waals surface area contributed by atoms with Gasteiger partial charge in [0.1, 0.15) is 5.75 Å². The molecule has 2 N–H and O–H groups in total. The zero-order valence-corrected chi connectivity index (χ0v) is 13.4. The lowest BCUT2D eigenvalue weighted by molar-refractivity contribution is 0.0938. The highest BCUT2D eigenvalue weighted by molar-refractivity contribution is 9.10. The van der Waals surface area contributed by atoms with Crippen LogP contribution in [0.1, 0.15) is 49.4 Å². The molecule has 0 spiro atoms. The van der Waals surface area contributed by atoms with Gasteiger partial charge < -0.3 is 10.4 Å². The Morgan fingerprint density at radius 3 is 2.60 bits per heavy atom. The first-order chi connectivity index (χ1) is 9.60. The third-order valence-electron chi connectivity index (χ3n) is 4.30. The summed E-state index contributed by atoms with van der Waals surface area (Å²) in [5.74, 6) is 1.29. The molecule has 0 heterocycles. The number of aromatic hydroxyl groups is 1. The van der Waals surface area contributed by atoms with Gasteiger partial charge in [0, 0.05) is 11.0 Å². The zero-order chi connectivity index (χ0) is 14.5. The third kappa shape index (κ3) is 3.98. The Kier molecular flexibility index (Phi) is 5.46. The number of phenols is 1. The lowest BCUT2D eigenvalue weighted by atomic mass is 9.81. The molecule has 0 aliphatic heterocycles. The van der Waals surface area contributed by atoms with Gasteiger partial charge in [0.05, 0.1) is 5.56 Å². The zero-order valence-electron chi connectivity index (χ0n) is 11.9. The fourth-order valence-corrected chi connectivity index (χ4v) is 3.23. The molecule has 1 aliphatic carbocycles. The van der Waals surface area contributed by atoms with Crippen molar-refractivity contribution < 1.29 is 9.90 Å². The fraction of sp³-hybridized carbons (Fsp3) is 0.562. The Bertz CT molecular complexity index is 468. The van der Waals surface area contributed by atoms with Gasteiger partial charge in [-0.1, -0.05) is 42.1 Å². The van der Waals surface area contributed by atoms with Crippen LogP contribution < -0.4 is 5.32 Å². The molecular weight excluding hydrogens is 318 g/mol. The van der Waals surface area contributed by atoms with Crippen molar-refractivity contribution in [1.29, 1.82) is 0 Å². The number of benzene rings is 1. The summed E-state index contributed by atoms with van der Waals surface area (Å²) in [6, 6.07) is 4.90. The molecule has 3 nitrogen and oxygen atoms in total. The van der Waals surface area contributed by atoms with Crippen molar-refractivity contribution in [2.75, 3.05) is 6.54 Å². The van der Waals surface area contributed by atoms with Gasteiger partial charge in [0.25, 0.3) is 5.91 Å². The van der Waals surface area contributed by atoms with Crippen LogP contribution in [0.15, 0.2) is 22.7 Å². The molecule has 1 aromatic carbocycles. The monoisotopic (exact) mass is 339 g/mol. The van der Waals surface area contributed by atoms with Crippen LogP contribution in [0.4, 0.5) is 0 Å². The second-order valence-electron chi connectivity index (χ2n) is 5.67. The van der Waals surface area contributed by atoms with Crippen molar-refractivity contribution in [3.63, 3.8) is 0 Å². The Morgan fingerprint density at radius 1 is 1.30 bits per heavy atom. The van der Waals surface area contributed by atoms with E-state index in [1.165, 1.54) is 38.2 Å². The number of carbonyl (C=O) groups excluding carboxylic acids is 1. The molecule has 2 rings (SSSR count). The second kappa shape index (κ2) is 7.11. The minimum Gasteiger partial charge on any atom is -0.507 e. The van der Waals surface area contributed by atoms with Gasteiger partial charge in [-0.25, -0.2) is 0 Å². The summed E-state index contributed by atoms with van der Waals surface area (Å²) in [7, 11) is 0. The van der Waals surface area contributed by atoms with Crippen LogP contribution in [0, 0.1) is 11.8 Å². The highest BCUT2D eigenvalue weighted by Crippen LogP contribution is 2.30. The summed E-state index contributed by atoms with van der Waals surface area (Å²) in [5.41, 5.74) is 0.335. The number of amides is 1. The molecule has 1 saturated carbocycles. The summed E-state index contributed by atoms with van der Waals surface area (Å²) in [5, 5.41) is 12.7. The highest BCUT2D eigenvalue weighted by atomic mass is 79.9. The van der Waals surface area contributed by atoms with Crippen molar-refractivity contribution in [2.45, 2.75) is 39.0 Å². The van der Waals surface area contributed by atoms with Crippen molar-refractivity contribution in [1.82, 2.24) is 5.32 Å². The molecule has 0 aromatic heterocycles. The van der Waals surface area contributed by atoms with Crippen LogP contribution in [-0.4, -0.2) is 17.6 Å². The molecule has 20 heavy (non-hydrogen) atoms. The molecule has 1 fully saturated rings. The first kappa shape index (κ1) is 15.4. The Labute approximate surface area is 128 Å². The molecule has 0 radical (unpaired) electrons. The molecule has 0 unspecified atom stereocenters. The second-order valence-corrected chi connectivity index (χ2v) is 6.58. The van der Waals surface area contributed by atoms with E-state index in [2.05, 4.69) is 28.2 Å². The third-order valence-corrected chi connectivity index (χ3v) is 4.79. The summed E-state index contributed by atoms with van der Waals surface area (Å²) in [6.07, 6.45) is 6.22. The molecule has 0 bridgehead atoms. The molecule has 110 valence electrons. The van der Waals surface area contributed by atoms with Crippen LogP contribution in [0.2, 0.25) is 0 Å². The van der Waals surface area contributed by atoms with E-state index < -0.39 is 0 Å². The van der Waals surface area contributed by atoms with Crippen LogP contribution in [0.5, 0.6) is 5.75 Å². The van der Waals surface area contributed by atoms with Crippen molar-refractivity contribution >= 4 is 21.8 Å². The number of halogens is 1. The van der Waals surface area contributed by atoms with E-state index in [4.69, 9.17) is 0 Å². The molecule has 0 saturated heterocycles. The first-order valence-corrected chi connectivity index (χ1v) is 8.16. The summed E-state index contributed by atoms with van der Waals surface area (Å²) in [6.45, 7) is 2.96. The predicted octanol–water partition coefficient (Wildman–Crippen LogP) is 4.10. The number of carbonyl (C=O) groups is 1. The van der Waals surface area contributed by atoms with Gasteiger partial charge in [-0.2, -0.15) is 0 Å². The van der Waals surface area contributed by atoms with Gasteiger partial charge in [-0.3, -0.25) is 4.79 Å². The van der Waals surface area contributed by atoms with Crippen molar-refractivity contribution in [3.8, 4) is 5.75 Å². The van der Waals surface area contributed by atoms with Gasteiger partial charge in [0.15, 0.2) is 0 Å². The largest absolute Gasteiger partial charge is 0.507 e. The average molecular weight is 340 g/mol. The number of hydrogen-bond donors (Lipinski definition) is 2. The van der Waals surface area contributed by atoms with E-state index in [-0.39, 0.29) is 11.7 Å². The Morgan fingerprint density at radius 2 is 1.95 bits per heavy atom. The fourth-order valence-electron chi connectivity index (χ4n) is 2.87. The quantitative estimate of drug-likeness (QED) is 0.867. The molecule has 4 heteroatoms. The van der Waals surface area contributed by atoms with E-state index in [9.17, 15) is 9.90 Å². The van der Waals surface area contributed by atoms with Crippen LogP contribution in [0.25, 0.3) is 0 Å². The Balaban J connectivity index is 1.85. The SMILES string of the molecule is CCC1CCC(CNC(=O)c2cc(Br)ccc2O)CC1. The molecular formula is C16H22BrNO2. The number of phenolic OH excluding ortho intramolecular Hbond substituents is 1. The van der Waals surface area contributed by atoms with Crippen molar-refractivity contribution in [3.05, 3.63) is 28.2 Å². The maximum atomic E-state index is 12.1. The predicted molar refractivity (Wildman–Crippen MR) is 83.9 cm³/mol. The van der Waals surface area contributed by atoms with E-state index in [0.717, 1.165) is 10.4 Å². The van der Waals surface area contributed by atoms with Crippen molar-refractivity contribution in [2.24, 2.45) is 11.8 Å². The average Bonchev–Trinajstić information content (AvgIpc) is 2.47. The maximum Gasteiger partial charge on any atom is 0.255 e. The van der Waals surface area contributed by atoms with Crippen LogP contribution >= 0.6 is 15.9 Å². The first-order valence-electron chi connectivity index (χ1n) is 7.36. The van der Waals surface area contributed by atoms with Gasteiger partial charge in [-0.15, -0.1) is 0 Å². The van der Waals surface area contributed by atoms with Gasteiger partial charge in [-0.05, 0) is 42.9 Å². The molecule has 1 aliphatic rings. The minimum atomic E-state index is -0.193. The number of hydrogen-bond acceptors (Lipinski definition) is 2. The summed E-state index contributed by atoms with van der Waals surface area (Å²) < 4.78 is 0.795. The maximum absolute atomic E-state index is 12.1. The number of nitrogens with one attached hydrogen (secondary N) is 1. The van der Waals surface area contributed by atoms with Crippen LogP contribution in [-0.2, 0) is 0 Å². The van der Waals surface area contributed by atoms with E-state index in [0.29, 0.717) is 18.0 Å². The van der Waals surface area contributed by atoms with Crippen LogP contribution in [0.3, 0.4) is 0 Å². The smallest absolute Gasteiger partial charge is 0.255 e. The number of rotatable bonds is 4. The minimum absolute atomic E-state index is 0.0281. The van der Waals surface area contributed by atoms with Gasteiger partial charge >= 0.3 is 0 Å². The molecule has 0 atom stereocenters. The molecule has 1 aromatic rings. The lowest BCUT2D eigenvalue weighted by Crippen LogP contribution is -2.31. The topological polar surface area (TPSA) is 49.3 Å². The normalized spacial score (nSPS) is 22.5. The Hall–Kier alpha value is -1.03. The highest BCUT2D eigenvalue weighted by Gasteiger charge is 2.21. The summed E-state index contributed by atoms with van der Waals surface area (Å²) in [4.78, 5) is 12.1. The van der Waals surface area contributed by atoms with E-state index in [1.54, 1.807) is 12.1 Å². The van der Waals surface area contributed by atoms with Gasteiger partial charge in [0.2, 0.25) is 0 Å². The molecule has 1 amide bonds. The van der Waals surface area contributed by atoms with E-state index >= 15 is 0 Å². The van der Waals surface area contributed by atoms with E-state index in [1.807, 2.05) is 0 Å². The summed E-state index contributed by atoms with van der Waals surface area (Å²) >= 11 is 3.32. The lowest BCUT2D eigenvalue weighted by Gasteiger charge is -2.27. The standard InChI is InChI=1S/C16H22BrNO2/c1-2-11-3-5-12(6-4-11)10-18-16(20)14-9-13(17)7-8-15(14)19/h7-9,11-12,19H,2-6,10H2,1H3,(H,18,20).